The van der Waals surface area contributed by atoms with Gasteiger partial charge in [-0.1, -0.05) is 0 Å². The minimum Gasteiger partial charge on any atom is -0.481 e. The number of hydrogen-bond donors (Lipinski definition) is 2. The third-order valence-corrected chi connectivity index (χ3v) is 1.44. The molecule has 0 aliphatic rings. The van der Waals surface area contributed by atoms with E-state index in [1.807, 2.05) is 0 Å². The highest BCUT2D eigenvalue weighted by atomic mass is 16.4. The summed E-state index contributed by atoms with van der Waals surface area (Å²) in [4.78, 5) is 14.2. The summed E-state index contributed by atoms with van der Waals surface area (Å²) in [5.41, 5.74) is 0.472. The summed E-state index contributed by atoms with van der Waals surface area (Å²) in [5, 5.41) is 8.55. The maximum atomic E-state index is 10.4. The smallest absolute Gasteiger partial charge is 0.312 e. The van der Waals surface area contributed by atoms with Crippen LogP contribution in [0, 0.1) is 0 Å². The van der Waals surface area contributed by atoms with Crippen molar-refractivity contribution in [2.24, 2.45) is 0 Å². The zero-order valence-electron chi connectivity index (χ0n) is 6.06. The molecule has 0 radical (unpaired) electrons. The van der Waals surface area contributed by atoms with Gasteiger partial charge in [0.15, 0.2) is 0 Å². The van der Waals surface area contributed by atoms with Gasteiger partial charge in [0.25, 0.3) is 0 Å². The van der Waals surface area contributed by atoms with E-state index >= 15 is 0 Å². The fourth-order valence-corrected chi connectivity index (χ4v) is 0.703. The van der Waals surface area contributed by atoms with Gasteiger partial charge in [-0.3, -0.25) is 9.47 Å². The van der Waals surface area contributed by atoms with Crippen LogP contribution < -0.4 is 5.84 Å². The van der Waals surface area contributed by atoms with Crippen molar-refractivity contribution >= 4 is 5.97 Å². The van der Waals surface area contributed by atoms with Gasteiger partial charge in [0.05, 0.1) is 11.6 Å². The number of rotatable bonds is 2. The number of carbonyl (C=O) groups is 1. The fraction of sp³-hybridized carbons (Fsp3) is 0.333. The van der Waals surface area contributed by atoms with Crippen molar-refractivity contribution in [3.05, 3.63) is 18.2 Å². The molecule has 1 aromatic rings. The molecule has 3 N–H and O–H groups in total. The van der Waals surface area contributed by atoms with Crippen molar-refractivity contribution in [1.82, 2.24) is 9.66 Å². The number of nitrogen functional groups attached to an aromatic ring is 1. The van der Waals surface area contributed by atoms with Gasteiger partial charge >= 0.3 is 5.97 Å². The van der Waals surface area contributed by atoms with Crippen LogP contribution in [0.1, 0.15) is 18.5 Å². The number of carboxylic acids is 1. The van der Waals surface area contributed by atoms with E-state index in [-0.39, 0.29) is 0 Å². The molecule has 60 valence electrons. The minimum absolute atomic E-state index is 0.472. The Kier molecular flexibility index (Phi) is 1.80. The van der Waals surface area contributed by atoms with Gasteiger partial charge in [-0.15, -0.1) is 0 Å². The lowest BCUT2D eigenvalue weighted by Gasteiger charge is -1.98. The Morgan fingerprint density at radius 1 is 1.91 bits per heavy atom. The van der Waals surface area contributed by atoms with Gasteiger partial charge < -0.3 is 10.9 Å². The maximum absolute atomic E-state index is 10.4. The third-order valence-electron chi connectivity index (χ3n) is 1.44. The zero-order chi connectivity index (χ0) is 8.43. The lowest BCUT2D eigenvalue weighted by atomic mass is 10.1. The predicted octanol–water partition coefficient (Wildman–Crippen LogP) is -0.215. The first kappa shape index (κ1) is 7.59. The Bertz CT molecular complexity index is 269. The van der Waals surface area contributed by atoms with E-state index in [0.29, 0.717) is 5.69 Å². The number of hydrogen-bond acceptors (Lipinski definition) is 3. The Balaban J connectivity index is 2.84. The average Bonchev–Trinajstić information content (AvgIpc) is 2.34. The molecule has 1 rings (SSSR count). The standard InChI is InChI=1S/C6H9N3O2/c1-4(6(10)11)5-2-9(7)3-8-5/h2-4H,7H2,1H3,(H,10,11). The van der Waals surface area contributed by atoms with Crippen molar-refractivity contribution in [1.29, 1.82) is 0 Å². The summed E-state index contributed by atoms with van der Waals surface area (Å²) in [6, 6.07) is 0. The Hall–Kier alpha value is -1.52. The van der Waals surface area contributed by atoms with E-state index in [4.69, 9.17) is 10.9 Å². The number of carboxylic acid groups (broad SMARTS) is 1. The topological polar surface area (TPSA) is 81.1 Å². The van der Waals surface area contributed by atoms with Crippen molar-refractivity contribution in [3.63, 3.8) is 0 Å². The van der Waals surface area contributed by atoms with Gasteiger partial charge in [0.2, 0.25) is 0 Å². The van der Waals surface area contributed by atoms with Crippen LogP contribution in [0.4, 0.5) is 0 Å². The van der Waals surface area contributed by atoms with Crippen molar-refractivity contribution < 1.29 is 9.90 Å². The van der Waals surface area contributed by atoms with E-state index in [0.717, 1.165) is 0 Å². The summed E-state index contributed by atoms with van der Waals surface area (Å²) < 4.78 is 1.23. The first-order valence-electron chi connectivity index (χ1n) is 3.13. The van der Waals surface area contributed by atoms with Gasteiger partial charge in [-0.05, 0) is 6.92 Å². The van der Waals surface area contributed by atoms with Crippen LogP contribution in [0.25, 0.3) is 0 Å². The minimum atomic E-state index is -0.899. The summed E-state index contributed by atoms with van der Waals surface area (Å²) in [6.07, 6.45) is 2.85. The molecular weight excluding hydrogens is 146 g/mol. The number of aromatic nitrogens is 2. The Morgan fingerprint density at radius 2 is 2.55 bits per heavy atom. The van der Waals surface area contributed by atoms with Crippen LogP contribution >= 0.6 is 0 Å². The molecule has 1 heterocycles. The summed E-state index contributed by atoms with van der Waals surface area (Å²) >= 11 is 0. The van der Waals surface area contributed by atoms with Crippen LogP contribution in [0.2, 0.25) is 0 Å². The molecule has 0 aromatic carbocycles. The second-order valence-corrected chi connectivity index (χ2v) is 2.31. The molecule has 1 atom stereocenters. The molecule has 0 saturated heterocycles. The lowest BCUT2D eigenvalue weighted by Crippen LogP contribution is -2.08. The molecule has 5 nitrogen and oxygen atoms in total. The number of nitrogens with zero attached hydrogens (tertiary/aromatic N) is 2. The highest BCUT2D eigenvalue weighted by molar-refractivity contribution is 5.74. The molecule has 11 heavy (non-hydrogen) atoms. The SMILES string of the molecule is CC(C(=O)O)c1cn(N)cn1. The second kappa shape index (κ2) is 2.61. The van der Waals surface area contributed by atoms with Gasteiger partial charge in [-0.25, -0.2) is 4.98 Å². The largest absolute Gasteiger partial charge is 0.481 e. The average molecular weight is 155 g/mol. The normalized spacial score (nSPS) is 12.8. The number of nitrogens with two attached hydrogens (primary N) is 1. The molecule has 5 heteroatoms. The van der Waals surface area contributed by atoms with Crippen LogP contribution in [0.15, 0.2) is 12.5 Å². The Morgan fingerprint density at radius 3 is 2.91 bits per heavy atom. The highest BCUT2D eigenvalue weighted by Crippen LogP contribution is 2.10. The third kappa shape index (κ3) is 1.49. The number of aliphatic carboxylic acids is 1. The molecule has 0 spiro atoms. The van der Waals surface area contributed by atoms with Gasteiger partial charge in [0, 0.05) is 6.20 Å². The van der Waals surface area contributed by atoms with Crippen LogP contribution in [-0.4, -0.2) is 20.7 Å². The maximum Gasteiger partial charge on any atom is 0.312 e. The van der Waals surface area contributed by atoms with Crippen LogP contribution in [0.5, 0.6) is 0 Å². The zero-order valence-corrected chi connectivity index (χ0v) is 6.06. The summed E-state index contributed by atoms with van der Waals surface area (Å²) in [7, 11) is 0. The second-order valence-electron chi connectivity index (χ2n) is 2.31. The van der Waals surface area contributed by atoms with E-state index in [1.165, 1.54) is 17.2 Å². The van der Waals surface area contributed by atoms with Crippen molar-refractivity contribution in [3.8, 4) is 0 Å². The molecule has 0 saturated carbocycles. The van der Waals surface area contributed by atoms with Gasteiger partial charge in [-0.2, -0.15) is 0 Å². The van der Waals surface area contributed by atoms with E-state index in [2.05, 4.69) is 4.98 Å². The molecule has 1 unspecified atom stereocenters. The summed E-state index contributed by atoms with van der Waals surface area (Å²) in [6.45, 7) is 1.56. The monoisotopic (exact) mass is 155 g/mol. The molecule has 0 aliphatic carbocycles. The highest BCUT2D eigenvalue weighted by Gasteiger charge is 2.15. The molecule has 0 aliphatic heterocycles. The predicted molar refractivity (Wildman–Crippen MR) is 38.4 cm³/mol. The first-order valence-corrected chi connectivity index (χ1v) is 3.13. The molecular formula is C6H9N3O2. The molecule has 1 aromatic heterocycles. The van der Waals surface area contributed by atoms with Crippen LogP contribution in [0.3, 0.4) is 0 Å². The van der Waals surface area contributed by atoms with Gasteiger partial charge in [0.1, 0.15) is 6.33 Å². The quantitative estimate of drug-likeness (QED) is 0.579. The Labute approximate surface area is 63.4 Å². The molecule has 0 amide bonds. The fourth-order valence-electron chi connectivity index (χ4n) is 0.703. The van der Waals surface area contributed by atoms with E-state index in [1.54, 1.807) is 6.92 Å². The van der Waals surface area contributed by atoms with E-state index < -0.39 is 11.9 Å². The number of imidazole rings is 1. The van der Waals surface area contributed by atoms with Crippen molar-refractivity contribution in [2.75, 3.05) is 5.84 Å². The molecule has 0 fully saturated rings. The first-order chi connectivity index (χ1) is 5.11. The van der Waals surface area contributed by atoms with Crippen LogP contribution in [-0.2, 0) is 4.79 Å². The molecule has 0 bridgehead atoms. The van der Waals surface area contributed by atoms with Crippen molar-refractivity contribution in [2.45, 2.75) is 12.8 Å². The summed E-state index contributed by atoms with van der Waals surface area (Å²) in [5.74, 6) is 3.78. The lowest BCUT2D eigenvalue weighted by molar-refractivity contribution is -0.138. The van der Waals surface area contributed by atoms with E-state index in [9.17, 15) is 4.79 Å².